The molecule has 0 saturated heterocycles. The van der Waals surface area contributed by atoms with Crippen molar-refractivity contribution in [1.29, 1.82) is 0 Å². The number of methoxy groups -OCH3 is 1. The summed E-state index contributed by atoms with van der Waals surface area (Å²) in [6.07, 6.45) is 0. The second kappa shape index (κ2) is 6.53. The van der Waals surface area contributed by atoms with E-state index in [0.717, 1.165) is 17.1 Å². The fourth-order valence-corrected chi connectivity index (χ4v) is 1.27. The molecule has 86 valence electrons. The summed E-state index contributed by atoms with van der Waals surface area (Å²) < 4.78 is 10.7. The van der Waals surface area contributed by atoms with Crippen molar-refractivity contribution in [2.24, 2.45) is 0 Å². The lowest BCUT2D eigenvalue weighted by Crippen LogP contribution is -3.00. The molecule has 3 nitrogen and oxygen atoms in total. The zero-order valence-corrected chi connectivity index (χ0v) is 10.2. The van der Waals surface area contributed by atoms with Gasteiger partial charge in [-0.05, 0) is 32.0 Å². The van der Waals surface area contributed by atoms with Crippen LogP contribution in [0.4, 0.5) is 0 Å². The summed E-state index contributed by atoms with van der Waals surface area (Å²) in [5, 5.41) is 0. The molecular weight excluding hydrogens is 214 g/mol. The van der Waals surface area contributed by atoms with Gasteiger partial charge in [0.15, 0.2) is 11.5 Å². The summed E-state index contributed by atoms with van der Waals surface area (Å²) in [6, 6.07) is 6.18. The first-order chi connectivity index (χ1) is 6.69. The maximum Gasteiger partial charge on any atom is 0.161 e. The quantitative estimate of drug-likeness (QED) is 0.679. The molecule has 0 aliphatic heterocycles. The first-order valence-electron chi connectivity index (χ1n) is 4.82. The van der Waals surface area contributed by atoms with E-state index in [1.165, 1.54) is 0 Å². The smallest absolute Gasteiger partial charge is 0.161 e. The first kappa shape index (κ1) is 14.1. The molecular formula is C11H18ClNO2. The van der Waals surface area contributed by atoms with Crippen molar-refractivity contribution in [3.05, 3.63) is 23.8 Å². The van der Waals surface area contributed by atoms with E-state index in [2.05, 4.69) is 12.7 Å². The minimum Gasteiger partial charge on any atom is -1.00 e. The number of hydrogen-bond donors (Lipinski definition) is 1. The van der Waals surface area contributed by atoms with Crippen molar-refractivity contribution in [3.63, 3.8) is 0 Å². The normalized spacial score (nSPS) is 11.5. The summed E-state index contributed by atoms with van der Waals surface area (Å²) in [4.78, 5) is 0. The number of halogens is 1. The van der Waals surface area contributed by atoms with Crippen LogP contribution < -0.4 is 27.6 Å². The van der Waals surface area contributed by atoms with Gasteiger partial charge in [0, 0.05) is 5.56 Å². The van der Waals surface area contributed by atoms with E-state index in [4.69, 9.17) is 9.47 Å². The fourth-order valence-electron chi connectivity index (χ4n) is 1.27. The van der Waals surface area contributed by atoms with Crippen LogP contribution in [0.1, 0.15) is 25.5 Å². The Morgan fingerprint density at radius 3 is 2.47 bits per heavy atom. The van der Waals surface area contributed by atoms with Gasteiger partial charge in [-0.3, -0.25) is 0 Å². The van der Waals surface area contributed by atoms with Crippen molar-refractivity contribution < 1.29 is 27.6 Å². The first-order valence-corrected chi connectivity index (χ1v) is 4.82. The van der Waals surface area contributed by atoms with Gasteiger partial charge >= 0.3 is 0 Å². The molecule has 0 radical (unpaired) electrons. The van der Waals surface area contributed by atoms with Gasteiger partial charge in [0.05, 0.1) is 13.7 Å². The van der Waals surface area contributed by atoms with Crippen LogP contribution >= 0.6 is 0 Å². The van der Waals surface area contributed by atoms with Crippen molar-refractivity contribution in [3.8, 4) is 11.5 Å². The van der Waals surface area contributed by atoms with E-state index < -0.39 is 0 Å². The van der Waals surface area contributed by atoms with E-state index in [-0.39, 0.29) is 18.4 Å². The number of benzene rings is 1. The van der Waals surface area contributed by atoms with Crippen LogP contribution in [0.5, 0.6) is 11.5 Å². The molecule has 0 saturated carbocycles. The van der Waals surface area contributed by atoms with Crippen LogP contribution in [0.3, 0.4) is 0 Å². The molecule has 4 heteroatoms. The second-order valence-corrected chi connectivity index (χ2v) is 3.24. The third-order valence-electron chi connectivity index (χ3n) is 2.06. The highest BCUT2D eigenvalue weighted by Crippen LogP contribution is 2.29. The Morgan fingerprint density at radius 2 is 2.00 bits per heavy atom. The van der Waals surface area contributed by atoms with E-state index >= 15 is 0 Å². The average Bonchev–Trinajstić information content (AvgIpc) is 2.18. The van der Waals surface area contributed by atoms with E-state index in [1.54, 1.807) is 7.11 Å². The van der Waals surface area contributed by atoms with E-state index in [0.29, 0.717) is 6.61 Å². The molecule has 0 bridgehead atoms. The number of quaternary nitrogens is 1. The molecule has 0 spiro atoms. The number of ether oxygens (including phenoxy) is 2. The lowest BCUT2D eigenvalue weighted by molar-refractivity contribution is -0.420. The molecule has 1 unspecified atom stereocenters. The molecule has 0 aromatic heterocycles. The standard InChI is InChI=1S/C11H17NO2.ClH/c1-4-14-11-7-9(8(2)12)5-6-10(11)13-3;/h5-8H,4,12H2,1-3H3;1H. The highest BCUT2D eigenvalue weighted by Gasteiger charge is 2.08. The van der Waals surface area contributed by atoms with Gasteiger partial charge in [0.1, 0.15) is 6.04 Å². The maximum atomic E-state index is 5.47. The molecule has 1 aromatic rings. The Hall–Kier alpha value is -0.930. The largest absolute Gasteiger partial charge is 1.00 e. The van der Waals surface area contributed by atoms with Crippen LogP contribution in [-0.4, -0.2) is 13.7 Å². The lowest BCUT2D eigenvalue weighted by Gasteiger charge is -2.11. The minimum absolute atomic E-state index is 0. The third-order valence-corrected chi connectivity index (χ3v) is 2.06. The fraction of sp³-hybridized carbons (Fsp3) is 0.455. The molecule has 0 aliphatic carbocycles. The molecule has 1 aromatic carbocycles. The van der Waals surface area contributed by atoms with Crippen molar-refractivity contribution in [2.45, 2.75) is 19.9 Å². The van der Waals surface area contributed by atoms with Crippen LogP contribution in [0, 0.1) is 0 Å². The molecule has 0 amide bonds. The van der Waals surface area contributed by atoms with Gasteiger partial charge in [-0.25, -0.2) is 0 Å². The lowest BCUT2D eigenvalue weighted by atomic mass is 10.1. The summed E-state index contributed by atoms with van der Waals surface area (Å²) in [7, 11) is 1.64. The van der Waals surface area contributed by atoms with Crippen molar-refractivity contribution in [2.75, 3.05) is 13.7 Å². The highest BCUT2D eigenvalue weighted by molar-refractivity contribution is 5.43. The Kier molecular flexibility index (Phi) is 6.13. The van der Waals surface area contributed by atoms with E-state index in [9.17, 15) is 0 Å². The molecule has 1 atom stereocenters. The topological polar surface area (TPSA) is 46.1 Å². The SMILES string of the molecule is CCOc1cc(C(C)[NH3+])ccc1OC.[Cl-]. The second-order valence-electron chi connectivity index (χ2n) is 3.24. The Morgan fingerprint density at radius 1 is 1.33 bits per heavy atom. The maximum absolute atomic E-state index is 5.47. The van der Waals surface area contributed by atoms with Crippen molar-refractivity contribution in [1.82, 2.24) is 0 Å². The zero-order chi connectivity index (χ0) is 10.6. The Labute approximate surface area is 97.0 Å². The minimum atomic E-state index is 0. The summed E-state index contributed by atoms with van der Waals surface area (Å²) in [5.41, 5.74) is 5.13. The third kappa shape index (κ3) is 3.61. The van der Waals surface area contributed by atoms with Crippen LogP contribution in [0.25, 0.3) is 0 Å². The average molecular weight is 232 g/mol. The van der Waals surface area contributed by atoms with Crippen LogP contribution in [-0.2, 0) is 0 Å². The van der Waals surface area contributed by atoms with Crippen molar-refractivity contribution >= 4 is 0 Å². The predicted molar refractivity (Wildman–Crippen MR) is 55.5 cm³/mol. The summed E-state index contributed by atoms with van der Waals surface area (Å²) in [5.74, 6) is 1.57. The monoisotopic (exact) mass is 231 g/mol. The molecule has 3 N–H and O–H groups in total. The number of rotatable bonds is 4. The molecule has 0 fully saturated rings. The van der Waals surface area contributed by atoms with Gasteiger partial charge in [-0.15, -0.1) is 0 Å². The summed E-state index contributed by atoms with van der Waals surface area (Å²) >= 11 is 0. The van der Waals surface area contributed by atoms with Crippen LogP contribution in [0.15, 0.2) is 18.2 Å². The molecule has 0 heterocycles. The van der Waals surface area contributed by atoms with Crippen LogP contribution in [0.2, 0.25) is 0 Å². The molecule has 15 heavy (non-hydrogen) atoms. The summed E-state index contributed by atoms with van der Waals surface area (Å²) in [6.45, 7) is 4.66. The molecule has 1 rings (SSSR count). The zero-order valence-electron chi connectivity index (χ0n) is 9.42. The van der Waals surface area contributed by atoms with Gasteiger partial charge in [0.2, 0.25) is 0 Å². The Bertz CT molecular complexity index is 303. The highest BCUT2D eigenvalue weighted by atomic mass is 35.5. The molecule has 0 aliphatic rings. The van der Waals surface area contributed by atoms with Gasteiger partial charge in [-0.2, -0.15) is 0 Å². The van der Waals surface area contributed by atoms with Gasteiger partial charge in [-0.1, -0.05) is 0 Å². The Balaban J connectivity index is 0.00000196. The number of hydrogen-bond acceptors (Lipinski definition) is 2. The van der Waals surface area contributed by atoms with E-state index in [1.807, 2.05) is 25.1 Å². The van der Waals surface area contributed by atoms with Gasteiger partial charge in [0.25, 0.3) is 0 Å². The van der Waals surface area contributed by atoms with Gasteiger partial charge < -0.3 is 27.6 Å². The predicted octanol–water partition coefficient (Wildman–Crippen LogP) is -1.60.